The van der Waals surface area contributed by atoms with Crippen LogP contribution in [0.3, 0.4) is 0 Å². The van der Waals surface area contributed by atoms with Gasteiger partial charge in [-0.3, -0.25) is 5.32 Å². The number of para-hydroxylation sites is 1. The zero-order chi connectivity index (χ0) is 11.3. The van der Waals surface area contributed by atoms with Crippen LogP contribution in [0, 0.1) is 0 Å². The fourth-order valence-corrected chi connectivity index (χ4v) is 0.864. The fourth-order valence-electron chi connectivity index (χ4n) is 0.864. The number of hydrogen-bond donors (Lipinski definition) is 1. The van der Waals surface area contributed by atoms with Crippen LogP contribution in [0.15, 0.2) is 54.8 Å². The Hall–Kier alpha value is -2.03. The van der Waals surface area contributed by atoms with E-state index < -0.39 is 6.09 Å². The predicted octanol–water partition coefficient (Wildman–Crippen LogP) is 3.32. The lowest BCUT2D eigenvalue weighted by atomic mass is 10.3. The Kier molecular flexibility index (Phi) is 3.68. The zero-order valence-corrected chi connectivity index (χ0v) is 8.62. The van der Waals surface area contributed by atoms with E-state index in [0.29, 0.717) is 11.3 Å². The molecule has 0 saturated heterocycles. The topological polar surface area (TPSA) is 38.3 Å². The van der Waals surface area contributed by atoms with Crippen molar-refractivity contribution in [2.45, 2.75) is 6.92 Å². The van der Waals surface area contributed by atoms with Gasteiger partial charge in [0.25, 0.3) is 0 Å². The lowest BCUT2D eigenvalue weighted by Crippen LogP contribution is -2.13. The Morgan fingerprint density at radius 3 is 2.40 bits per heavy atom. The molecule has 0 fully saturated rings. The third-order valence-corrected chi connectivity index (χ3v) is 1.71. The van der Waals surface area contributed by atoms with Gasteiger partial charge in [-0.2, -0.15) is 0 Å². The van der Waals surface area contributed by atoms with E-state index in [1.807, 2.05) is 18.2 Å². The van der Waals surface area contributed by atoms with Crippen molar-refractivity contribution in [1.82, 2.24) is 0 Å². The van der Waals surface area contributed by atoms with E-state index in [0.717, 1.165) is 0 Å². The van der Waals surface area contributed by atoms with Gasteiger partial charge in [-0.05, 0) is 24.6 Å². The summed E-state index contributed by atoms with van der Waals surface area (Å²) >= 11 is 0. The maximum atomic E-state index is 11.3. The SMILES string of the molecule is C=C(C)C(=C)OC(=O)Nc1ccccc1. The van der Waals surface area contributed by atoms with Crippen LogP contribution in [0.5, 0.6) is 0 Å². The molecule has 0 heterocycles. The molecular weight excluding hydrogens is 190 g/mol. The number of benzene rings is 1. The van der Waals surface area contributed by atoms with Gasteiger partial charge in [0.15, 0.2) is 0 Å². The Balaban J connectivity index is 2.51. The number of nitrogens with one attached hydrogen (secondary N) is 1. The maximum Gasteiger partial charge on any atom is 0.417 e. The molecule has 0 saturated carbocycles. The lowest BCUT2D eigenvalue weighted by molar-refractivity contribution is 0.194. The molecular formula is C12H13NO2. The molecule has 0 radical (unpaired) electrons. The minimum Gasteiger partial charge on any atom is -0.410 e. The Morgan fingerprint density at radius 2 is 1.87 bits per heavy atom. The molecule has 1 aromatic carbocycles. The van der Waals surface area contributed by atoms with Crippen LogP contribution >= 0.6 is 0 Å². The van der Waals surface area contributed by atoms with Crippen molar-refractivity contribution in [2.24, 2.45) is 0 Å². The van der Waals surface area contributed by atoms with Gasteiger partial charge in [-0.15, -0.1) is 0 Å². The normalized spacial score (nSPS) is 9.13. The number of carbonyl (C=O) groups excluding carboxylic acids is 1. The van der Waals surface area contributed by atoms with E-state index >= 15 is 0 Å². The van der Waals surface area contributed by atoms with Crippen molar-refractivity contribution in [1.29, 1.82) is 0 Å². The van der Waals surface area contributed by atoms with E-state index in [1.165, 1.54) is 0 Å². The highest BCUT2D eigenvalue weighted by molar-refractivity contribution is 5.85. The highest BCUT2D eigenvalue weighted by Crippen LogP contribution is 2.09. The summed E-state index contributed by atoms with van der Waals surface area (Å²) in [5.41, 5.74) is 1.30. The van der Waals surface area contributed by atoms with Gasteiger partial charge in [-0.25, -0.2) is 4.79 Å². The van der Waals surface area contributed by atoms with Gasteiger partial charge in [0.2, 0.25) is 0 Å². The van der Waals surface area contributed by atoms with Gasteiger partial charge < -0.3 is 4.74 Å². The Labute approximate surface area is 89.1 Å². The molecule has 15 heavy (non-hydrogen) atoms. The quantitative estimate of drug-likeness (QED) is 0.604. The van der Waals surface area contributed by atoms with Crippen molar-refractivity contribution in [2.75, 3.05) is 5.32 Å². The molecule has 1 aromatic rings. The second-order valence-corrected chi connectivity index (χ2v) is 3.08. The van der Waals surface area contributed by atoms with Crippen molar-refractivity contribution in [3.8, 4) is 0 Å². The van der Waals surface area contributed by atoms with E-state index in [-0.39, 0.29) is 5.76 Å². The van der Waals surface area contributed by atoms with Crippen molar-refractivity contribution in [3.63, 3.8) is 0 Å². The summed E-state index contributed by atoms with van der Waals surface area (Å²) in [7, 11) is 0. The van der Waals surface area contributed by atoms with Crippen LogP contribution in [-0.4, -0.2) is 6.09 Å². The van der Waals surface area contributed by atoms with E-state index in [4.69, 9.17) is 4.74 Å². The molecule has 0 atom stereocenters. The van der Waals surface area contributed by atoms with Gasteiger partial charge >= 0.3 is 6.09 Å². The van der Waals surface area contributed by atoms with Crippen molar-refractivity contribution in [3.05, 3.63) is 54.8 Å². The number of amides is 1. The smallest absolute Gasteiger partial charge is 0.410 e. The van der Waals surface area contributed by atoms with Crippen LogP contribution < -0.4 is 5.32 Å². The molecule has 0 bridgehead atoms. The number of hydrogen-bond acceptors (Lipinski definition) is 2. The van der Waals surface area contributed by atoms with Gasteiger partial charge in [0.05, 0.1) is 0 Å². The van der Waals surface area contributed by atoms with Gasteiger partial charge in [0, 0.05) is 5.69 Å². The van der Waals surface area contributed by atoms with Crippen molar-refractivity contribution >= 4 is 11.8 Å². The van der Waals surface area contributed by atoms with Crippen LogP contribution in [0.25, 0.3) is 0 Å². The summed E-state index contributed by atoms with van der Waals surface area (Å²) in [4.78, 5) is 11.3. The first-order valence-corrected chi connectivity index (χ1v) is 4.48. The summed E-state index contributed by atoms with van der Waals surface area (Å²) in [5.74, 6) is 0.267. The molecule has 3 nitrogen and oxygen atoms in total. The van der Waals surface area contributed by atoms with E-state index in [2.05, 4.69) is 18.5 Å². The summed E-state index contributed by atoms with van der Waals surface area (Å²) < 4.78 is 4.87. The first-order valence-electron chi connectivity index (χ1n) is 4.48. The standard InChI is InChI=1S/C12H13NO2/c1-9(2)10(3)15-12(14)13-11-7-5-4-6-8-11/h4-8H,1,3H2,2H3,(H,13,14). The molecule has 0 aliphatic rings. The van der Waals surface area contributed by atoms with Crippen LogP contribution in [0.1, 0.15) is 6.92 Å². The van der Waals surface area contributed by atoms with Crippen LogP contribution in [0.2, 0.25) is 0 Å². The molecule has 78 valence electrons. The van der Waals surface area contributed by atoms with Gasteiger partial charge in [-0.1, -0.05) is 31.4 Å². The molecule has 0 unspecified atom stereocenters. The Morgan fingerprint density at radius 1 is 1.27 bits per heavy atom. The summed E-state index contributed by atoms with van der Waals surface area (Å²) in [5, 5.41) is 2.56. The molecule has 1 amide bonds. The molecule has 0 aromatic heterocycles. The number of carbonyl (C=O) groups is 1. The van der Waals surface area contributed by atoms with E-state index in [1.54, 1.807) is 19.1 Å². The van der Waals surface area contributed by atoms with Crippen molar-refractivity contribution < 1.29 is 9.53 Å². The maximum absolute atomic E-state index is 11.3. The first-order chi connectivity index (χ1) is 7.09. The van der Waals surface area contributed by atoms with E-state index in [9.17, 15) is 4.79 Å². The minimum absolute atomic E-state index is 0.267. The number of allylic oxidation sites excluding steroid dienone is 1. The van der Waals surface area contributed by atoms with Gasteiger partial charge in [0.1, 0.15) is 5.76 Å². The third kappa shape index (κ3) is 3.68. The molecule has 0 spiro atoms. The Bertz CT molecular complexity index is 382. The fraction of sp³-hybridized carbons (Fsp3) is 0.0833. The second kappa shape index (κ2) is 5.00. The monoisotopic (exact) mass is 203 g/mol. The predicted molar refractivity (Wildman–Crippen MR) is 60.5 cm³/mol. The second-order valence-electron chi connectivity index (χ2n) is 3.08. The molecule has 3 heteroatoms. The van der Waals surface area contributed by atoms with Crippen LogP contribution in [-0.2, 0) is 4.74 Å². The average Bonchev–Trinajstić information content (AvgIpc) is 2.18. The largest absolute Gasteiger partial charge is 0.417 e. The number of anilines is 1. The third-order valence-electron chi connectivity index (χ3n) is 1.71. The lowest BCUT2D eigenvalue weighted by Gasteiger charge is -2.07. The molecule has 1 N–H and O–H groups in total. The molecule has 0 aliphatic heterocycles. The highest BCUT2D eigenvalue weighted by Gasteiger charge is 2.05. The number of rotatable bonds is 3. The minimum atomic E-state index is -0.561. The number of ether oxygens (including phenoxy) is 1. The summed E-state index contributed by atoms with van der Waals surface area (Å²) in [6.45, 7) is 8.88. The highest BCUT2D eigenvalue weighted by atomic mass is 16.6. The summed E-state index contributed by atoms with van der Waals surface area (Å²) in [6, 6.07) is 9.05. The zero-order valence-electron chi connectivity index (χ0n) is 8.62. The van der Waals surface area contributed by atoms with Crippen LogP contribution in [0.4, 0.5) is 10.5 Å². The molecule has 1 rings (SSSR count). The average molecular weight is 203 g/mol. The summed E-state index contributed by atoms with van der Waals surface area (Å²) in [6.07, 6.45) is -0.561. The first kappa shape index (κ1) is 11.0. The molecule has 0 aliphatic carbocycles.